The molecule has 0 aromatic heterocycles. The number of rotatable bonds is 6. The summed E-state index contributed by atoms with van der Waals surface area (Å²) in [5.74, 6) is -0.253. The van der Waals surface area contributed by atoms with E-state index >= 15 is 0 Å². The number of carbonyl (C=O) groups is 3. The first-order valence-corrected chi connectivity index (χ1v) is 11.9. The van der Waals surface area contributed by atoms with Crippen LogP contribution >= 0.6 is 0 Å². The van der Waals surface area contributed by atoms with Gasteiger partial charge in [-0.3, -0.25) is 25.2 Å². The summed E-state index contributed by atoms with van der Waals surface area (Å²) >= 11 is 0. The fraction of sp³-hybridized carbons (Fsp3) is 0.444. The average molecular weight is 466 g/mol. The highest BCUT2D eigenvalue weighted by Crippen LogP contribution is 2.26. The Labute approximate surface area is 201 Å². The molecule has 0 spiro atoms. The topological polar surface area (TPSA) is 96.5 Å². The molecule has 0 saturated heterocycles. The summed E-state index contributed by atoms with van der Waals surface area (Å²) in [6, 6.07) is 14.2. The number of anilines is 1. The zero-order chi connectivity index (χ0) is 24.7. The normalized spacial score (nSPS) is 15.2. The smallest absolute Gasteiger partial charge is 0.279 e. The van der Waals surface area contributed by atoms with E-state index in [0.717, 1.165) is 25.7 Å². The molecule has 0 aliphatic heterocycles. The third kappa shape index (κ3) is 7.07. The van der Waals surface area contributed by atoms with Crippen LogP contribution in [-0.4, -0.2) is 23.8 Å². The minimum atomic E-state index is -0.793. The Bertz CT molecular complexity index is 988. The van der Waals surface area contributed by atoms with Gasteiger partial charge in [-0.25, -0.2) is 0 Å². The lowest BCUT2D eigenvalue weighted by Crippen LogP contribution is -2.47. The van der Waals surface area contributed by atoms with Crippen LogP contribution in [0.2, 0.25) is 0 Å². The lowest BCUT2D eigenvalue weighted by atomic mass is 9.87. The molecule has 7 heteroatoms. The first-order chi connectivity index (χ1) is 16.1. The van der Waals surface area contributed by atoms with Crippen LogP contribution in [0.5, 0.6) is 5.75 Å². The van der Waals surface area contributed by atoms with Crippen molar-refractivity contribution in [2.75, 3.05) is 5.32 Å². The largest absolute Gasteiger partial charge is 0.481 e. The maximum Gasteiger partial charge on any atom is 0.279 e. The standard InChI is InChI=1S/C27H35N3O4/c1-18(34-23-16-12-21(13-17-23)27(2,3)4)24(31)29-30-26(33)20-10-14-22(15-11-20)28-25(32)19-8-6-5-7-9-19/h10-19H,5-9H2,1-4H3,(H,28,32)(H,29,31)(H,30,33). The van der Waals surface area contributed by atoms with Crippen molar-refractivity contribution >= 4 is 23.4 Å². The third-order valence-corrected chi connectivity index (χ3v) is 6.09. The SMILES string of the molecule is CC(Oc1ccc(C(C)(C)C)cc1)C(=O)NNC(=O)c1ccc(NC(=O)C2CCCCC2)cc1. The van der Waals surface area contributed by atoms with Gasteiger partial charge in [0.05, 0.1) is 0 Å². The molecule has 1 aliphatic rings. The fourth-order valence-corrected chi connectivity index (χ4v) is 3.90. The highest BCUT2D eigenvalue weighted by atomic mass is 16.5. The first-order valence-electron chi connectivity index (χ1n) is 11.9. The van der Waals surface area contributed by atoms with Gasteiger partial charge in [-0.05, 0) is 67.1 Å². The van der Waals surface area contributed by atoms with Gasteiger partial charge in [-0.1, -0.05) is 52.2 Å². The van der Waals surface area contributed by atoms with E-state index < -0.39 is 17.9 Å². The van der Waals surface area contributed by atoms with Crippen LogP contribution in [0.3, 0.4) is 0 Å². The Morgan fingerprint density at radius 3 is 2.09 bits per heavy atom. The number of hydrogen-bond donors (Lipinski definition) is 3. The van der Waals surface area contributed by atoms with Crippen LogP contribution in [-0.2, 0) is 15.0 Å². The molecule has 34 heavy (non-hydrogen) atoms. The van der Waals surface area contributed by atoms with Crippen LogP contribution in [0.25, 0.3) is 0 Å². The third-order valence-electron chi connectivity index (χ3n) is 6.09. The minimum Gasteiger partial charge on any atom is -0.481 e. The summed E-state index contributed by atoms with van der Waals surface area (Å²) in [6.07, 6.45) is 4.44. The molecule has 1 unspecified atom stereocenters. The van der Waals surface area contributed by atoms with E-state index in [1.807, 2.05) is 24.3 Å². The van der Waals surface area contributed by atoms with Gasteiger partial charge in [0, 0.05) is 17.2 Å². The molecule has 0 bridgehead atoms. The number of carbonyl (C=O) groups excluding carboxylic acids is 3. The summed E-state index contributed by atoms with van der Waals surface area (Å²) in [6.45, 7) is 8.00. The van der Waals surface area contributed by atoms with Gasteiger partial charge in [-0.2, -0.15) is 0 Å². The Balaban J connectivity index is 1.45. The van der Waals surface area contributed by atoms with Gasteiger partial charge in [-0.15, -0.1) is 0 Å². The van der Waals surface area contributed by atoms with Crippen molar-refractivity contribution in [3.8, 4) is 5.75 Å². The number of hydrazine groups is 1. The van der Waals surface area contributed by atoms with Crippen molar-refractivity contribution in [1.82, 2.24) is 10.9 Å². The molecule has 1 atom stereocenters. The second kappa shape index (κ2) is 11.2. The molecule has 3 N–H and O–H groups in total. The monoisotopic (exact) mass is 465 g/mol. The fourth-order valence-electron chi connectivity index (χ4n) is 3.90. The minimum absolute atomic E-state index is 0.0327. The summed E-state index contributed by atoms with van der Waals surface area (Å²) in [5, 5.41) is 2.92. The van der Waals surface area contributed by atoms with Crippen LogP contribution in [0.15, 0.2) is 48.5 Å². The lowest BCUT2D eigenvalue weighted by Gasteiger charge is -2.20. The van der Waals surface area contributed by atoms with Crippen molar-refractivity contribution < 1.29 is 19.1 Å². The van der Waals surface area contributed by atoms with Crippen LogP contribution in [0.1, 0.15) is 75.7 Å². The molecule has 3 amide bonds. The molecule has 2 aromatic carbocycles. The molecular formula is C27H35N3O4. The maximum atomic E-state index is 12.4. The lowest BCUT2D eigenvalue weighted by molar-refractivity contribution is -0.128. The molecule has 3 rings (SSSR count). The quantitative estimate of drug-likeness (QED) is 0.537. The average Bonchev–Trinajstić information content (AvgIpc) is 2.83. The van der Waals surface area contributed by atoms with E-state index in [-0.39, 0.29) is 17.2 Å². The van der Waals surface area contributed by atoms with Gasteiger partial charge < -0.3 is 10.1 Å². The van der Waals surface area contributed by atoms with E-state index in [4.69, 9.17) is 4.74 Å². The van der Waals surface area contributed by atoms with Gasteiger partial charge in [0.1, 0.15) is 5.75 Å². The molecule has 1 saturated carbocycles. The highest BCUT2D eigenvalue weighted by molar-refractivity contribution is 5.97. The van der Waals surface area contributed by atoms with E-state index in [9.17, 15) is 14.4 Å². The van der Waals surface area contributed by atoms with Gasteiger partial charge in [0.15, 0.2) is 6.10 Å². The Hall–Kier alpha value is -3.35. The van der Waals surface area contributed by atoms with Crippen molar-refractivity contribution in [2.24, 2.45) is 5.92 Å². The van der Waals surface area contributed by atoms with Gasteiger partial charge in [0.2, 0.25) is 5.91 Å². The van der Waals surface area contributed by atoms with Crippen molar-refractivity contribution in [3.05, 3.63) is 59.7 Å². The van der Waals surface area contributed by atoms with E-state index in [0.29, 0.717) is 17.0 Å². The van der Waals surface area contributed by atoms with E-state index in [1.54, 1.807) is 31.2 Å². The maximum absolute atomic E-state index is 12.4. The first kappa shape index (κ1) is 25.3. The zero-order valence-corrected chi connectivity index (χ0v) is 20.4. The van der Waals surface area contributed by atoms with Crippen LogP contribution in [0, 0.1) is 5.92 Å². The van der Waals surface area contributed by atoms with Crippen LogP contribution < -0.4 is 20.9 Å². The molecule has 2 aromatic rings. The number of ether oxygens (including phenoxy) is 1. The molecule has 1 fully saturated rings. The summed E-state index contributed by atoms with van der Waals surface area (Å²) in [5.41, 5.74) is 7.01. The number of nitrogens with one attached hydrogen (secondary N) is 3. The van der Waals surface area contributed by atoms with Crippen molar-refractivity contribution in [3.63, 3.8) is 0 Å². The number of hydrogen-bond acceptors (Lipinski definition) is 4. The molecule has 0 radical (unpaired) electrons. The van der Waals surface area contributed by atoms with E-state index in [1.165, 1.54) is 12.0 Å². The molecular weight excluding hydrogens is 430 g/mol. The second-order valence-electron chi connectivity index (χ2n) is 9.88. The Morgan fingerprint density at radius 1 is 0.882 bits per heavy atom. The number of benzene rings is 2. The van der Waals surface area contributed by atoms with Crippen molar-refractivity contribution in [2.45, 2.75) is 71.3 Å². The van der Waals surface area contributed by atoms with Crippen LogP contribution in [0.4, 0.5) is 5.69 Å². The molecule has 1 aliphatic carbocycles. The molecule has 7 nitrogen and oxygen atoms in total. The number of amides is 3. The Kier molecular flexibility index (Phi) is 8.31. The van der Waals surface area contributed by atoms with Gasteiger partial charge in [0.25, 0.3) is 11.8 Å². The predicted molar refractivity (Wildman–Crippen MR) is 132 cm³/mol. The summed E-state index contributed by atoms with van der Waals surface area (Å²) in [4.78, 5) is 37.1. The molecule has 0 heterocycles. The predicted octanol–water partition coefficient (Wildman–Crippen LogP) is 4.73. The van der Waals surface area contributed by atoms with Gasteiger partial charge >= 0.3 is 0 Å². The second-order valence-corrected chi connectivity index (χ2v) is 9.88. The van der Waals surface area contributed by atoms with E-state index in [2.05, 4.69) is 36.9 Å². The Morgan fingerprint density at radius 2 is 1.50 bits per heavy atom. The molecule has 182 valence electrons. The summed E-state index contributed by atoms with van der Waals surface area (Å²) in [7, 11) is 0. The summed E-state index contributed by atoms with van der Waals surface area (Å²) < 4.78 is 5.68. The highest BCUT2D eigenvalue weighted by Gasteiger charge is 2.21. The zero-order valence-electron chi connectivity index (χ0n) is 20.4. The van der Waals surface area contributed by atoms with Crippen molar-refractivity contribution in [1.29, 1.82) is 0 Å².